The van der Waals surface area contributed by atoms with Crippen LogP contribution < -0.4 is 21.3 Å². The number of terminal acetylenes is 3. The molecule has 1 saturated carbocycles. The van der Waals surface area contributed by atoms with Gasteiger partial charge in [-0.15, -0.1) is 19.3 Å². The second-order valence-corrected chi connectivity index (χ2v) is 21.3. The maximum absolute atomic E-state index is 14.9. The van der Waals surface area contributed by atoms with Crippen molar-refractivity contribution in [1.82, 2.24) is 21.3 Å². The zero-order valence-corrected chi connectivity index (χ0v) is 40.9. The van der Waals surface area contributed by atoms with Gasteiger partial charge in [0.05, 0.1) is 65.1 Å². The Morgan fingerprint density at radius 3 is 1.31 bits per heavy atom. The predicted molar refractivity (Wildman–Crippen MR) is 251 cm³/mol. The molecular formula is C46H77N4O12PS. The Morgan fingerprint density at radius 2 is 0.984 bits per heavy atom. The van der Waals surface area contributed by atoms with Crippen LogP contribution in [0.15, 0.2) is 0 Å². The summed E-state index contributed by atoms with van der Waals surface area (Å²) in [5.41, 5.74) is -2.72. The highest BCUT2D eigenvalue weighted by Crippen LogP contribution is 2.66. The van der Waals surface area contributed by atoms with E-state index in [1.807, 2.05) is 34.6 Å². The number of ether oxygens (including phenoxy) is 6. The molecule has 0 aromatic heterocycles. The third kappa shape index (κ3) is 25.0. The summed E-state index contributed by atoms with van der Waals surface area (Å²) in [6.07, 6.45) is 19.1. The molecular weight excluding hydrogens is 864 g/mol. The number of carbonyl (C=O) groups is 4. The molecule has 1 unspecified atom stereocenters. The number of hydrogen-bond donors (Lipinski definition) is 5. The van der Waals surface area contributed by atoms with Gasteiger partial charge in [-0.1, -0.05) is 64.1 Å². The summed E-state index contributed by atoms with van der Waals surface area (Å²) in [5.74, 6) is 6.09. The van der Waals surface area contributed by atoms with Crippen LogP contribution in [0, 0.1) is 42.4 Å². The summed E-state index contributed by atoms with van der Waals surface area (Å²) in [4.78, 5) is 54.9. The van der Waals surface area contributed by atoms with Crippen molar-refractivity contribution in [2.45, 2.75) is 128 Å². The van der Waals surface area contributed by atoms with Crippen LogP contribution in [0.25, 0.3) is 0 Å². The first-order valence-corrected chi connectivity index (χ1v) is 25.1. The Hall–Kier alpha value is -3.14. The van der Waals surface area contributed by atoms with Gasteiger partial charge in [0.1, 0.15) is 19.8 Å². The van der Waals surface area contributed by atoms with Gasteiger partial charge in [-0.25, -0.2) is 0 Å². The Morgan fingerprint density at radius 1 is 0.625 bits per heavy atom. The maximum Gasteiger partial charge on any atom is 0.260 e. The van der Waals surface area contributed by atoms with Gasteiger partial charge < -0.3 is 54.2 Å². The Bertz CT molecular complexity index is 1450. The lowest BCUT2D eigenvalue weighted by Gasteiger charge is -2.47. The molecule has 1 atom stereocenters. The van der Waals surface area contributed by atoms with E-state index in [1.54, 1.807) is 0 Å². The average Bonchev–Trinajstić information content (AvgIpc) is 3.24. The van der Waals surface area contributed by atoms with Crippen molar-refractivity contribution in [3.05, 3.63) is 0 Å². The van der Waals surface area contributed by atoms with Gasteiger partial charge in [-0.3, -0.25) is 23.7 Å². The molecule has 4 N–H and O–H groups in total. The van der Waals surface area contributed by atoms with Crippen LogP contribution in [0.3, 0.4) is 0 Å². The highest BCUT2D eigenvalue weighted by Gasteiger charge is 2.50. The number of thiol groups is 1. The fraction of sp³-hybridized carbons (Fsp3) is 0.783. The van der Waals surface area contributed by atoms with E-state index in [2.05, 4.69) is 51.3 Å². The first kappa shape index (κ1) is 58.9. The van der Waals surface area contributed by atoms with Gasteiger partial charge in [0, 0.05) is 55.0 Å². The Labute approximate surface area is 388 Å². The molecule has 1 aliphatic carbocycles. The zero-order valence-electron chi connectivity index (χ0n) is 39.1. The van der Waals surface area contributed by atoms with E-state index in [4.69, 9.17) is 52.2 Å². The lowest BCUT2D eigenvalue weighted by molar-refractivity contribution is -0.140. The molecule has 1 aliphatic rings. The summed E-state index contributed by atoms with van der Waals surface area (Å²) < 4.78 is 52.0. The quantitative estimate of drug-likeness (QED) is 0.0254. The van der Waals surface area contributed by atoms with Crippen molar-refractivity contribution in [3.8, 4) is 37.0 Å². The number of carbonyl (C=O) groups excluding carboxylic acids is 4. The van der Waals surface area contributed by atoms with Crippen LogP contribution in [0.5, 0.6) is 0 Å². The SMILES string of the molecule is C#CCOCCOCCNC(=O)CCC(CCC(=O)NCCOCCOCC#C)(CCC(=O)NCCOCCOCC#C)NC(=O)C1(CCC)CCC(C)(OP(=O)(S)C(C)(C)C)CC1. The van der Waals surface area contributed by atoms with Gasteiger partial charge in [0.15, 0.2) is 0 Å². The highest BCUT2D eigenvalue weighted by atomic mass is 32.7. The topological polar surface area (TPSA) is 198 Å². The molecule has 0 bridgehead atoms. The molecule has 0 aromatic rings. The number of amides is 4. The molecule has 1 fully saturated rings. The fourth-order valence-corrected chi connectivity index (χ4v) is 8.60. The molecule has 0 radical (unpaired) electrons. The van der Waals surface area contributed by atoms with Crippen LogP contribution in [0.2, 0.25) is 0 Å². The predicted octanol–water partition coefficient (Wildman–Crippen LogP) is 4.59. The van der Waals surface area contributed by atoms with E-state index in [9.17, 15) is 23.7 Å². The number of nitrogens with one attached hydrogen (secondary N) is 4. The van der Waals surface area contributed by atoms with Crippen molar-refractivity contribution in [2.24, 2.45) is 5.41 Å². The minimum atomic E-state index is -3.31. The molecule has 0 heterocycles. The van der Waals surface area contributed by atoms with Gasteiger partial charge >= 0.3 is 0 Å². The summed E-state index contributed by atoms with van der Waals surface area (Å²) in [5, 5.41) is 11.3. The lowest BCUT2D eigenvalue weighted by Crippen LogP contribution is -2.56. The number of hydrogen-bond acceptors (Lipinski definition) is 12. The molecule has 0 saturated heterocycles. The van der Waals surface area contributed by atoms with Crippen molar-refractivity contribution in [3.63, 3.8) is 0 Å². The van der Waals surface area contributed by atoms with Crippen molar-refractivity contribution in [1.29, 1.82) is 0 Å². The summed E-state index contributed by atoms with van der Waals surface area (Å²) >= 11 is 4.48. The standard InChI is InChI=1S/C46H77N4O12PS/c1-9-16-45(22-20-44(8,21-23-45)62-63(55,64)43(5,6)7)42(54)50-46(17-13-39(51)47-24-30-59-36-33-56-27-10-2,18-14-40(52)48-25-31-60-37-34-57-28-11-3)19-15-41(53)49-26-32-61-38-35-58-29-12-4/h2-4H,9,13-38H2,1,5-8H3,(H,47,51)(H,48,52)(H,49,53)(H,50,54)(H,55,64). The summed E-state index contributed by atoms with van der Waals surface area (Å²) in [6.45, 7) is 10.0. The van der Waals surface area contributed by atoms with Gasteiger partial charge in [-0.05, 0) is 58.3 Å². The first-order chi connectivity index (χ1) is 30.4. The third-order valence-corrected chi connectivity index (χ3v) is 15.3. The van der Waals surface area contributed by atoms with Crippen LogP contribution in [-0.4, -0.2) is 139 Å². The van der Waals surface area contributed by atoms with Gasteiger partial charge in [0.2, 0.25) is 23.6 Å². The lowest BCUT2D eigenvalue weighted by atomic mass is 9.66. The molecule has 0 aliphatic heterocycles. The Kier molecular flexibility index (Phi) is 29.9. The van der Waals surface area contributed by atoms with Crippen LogP contribution in [0.4, 0.5) is 0 Å². The molecule has 4 amide bonds. The van der Waals surface area contributed by atoms with E-state index in [0.717, 1.165) is 0 Å². The molecule has 16 nitrogen and oxygen atoms in total. The van der Waals surface area contributed by atoms with Gasteiger partial charge in [-0.2, -0.15) is 0 Å². The Balaban J connectivity index is 3.32. The van der Waals surface area contributed by atoms with Crippen LogP contribution in [-0.2, 0) is 56.7 Å². The molecule has 0 spiro atoms. The molecule has 64 heavy (non-hydrogen) atoms. The van der Waals surface area contributed by atoms with Crippen molar-refractivity contribution in [2.75, 3.05) is 98.9 Å². The summed E-state index contributed by atoms with van der Waals surface area (Å²) in [7, 11) is 0. The van der Waals surface area contributed by atoms with E-state index >= 15 is 0 Å². The van der Waals surface area contributed by atoms with Crippen molar-refractivity contribution >= 4 is 42.4 Å². The van der Waals surface area contributed by atoms with Crippen LogP contribution >= 0.6 is 18.8 Å². The van der Waals surface area contributed by atoms with E-state index in [-0.39, 0.29) is 121 Å². The molecule has 18 heteroatoms. The minimum absolute atomic E-state index is 0.00328. The van der Waals surface area contributed by atoms with E-state index in [0.29, 0.717) is 78.2 Å². The highest BCUT2D eigenvalue weighted by molar-refractivity contribution is 8.46. The normalized spacial score (nSPS) is 18.4. The van der Waals surface area contributed by atoms with E-state index < -0.39 is 28.3 Å². The third-order valence-electron chi connectivity index (χ3n) is 10.9. The zero-order chi connectivity index (χ0) is 47.8. The monoisotopic (exact) mass is 940 g/mol. The first-order valence-electron chi connectivity index (χ1n) is 22.4. The van der Waals surface area contributed by atoms with Gasteiger partial charge in [0.25, 0.3) is 6.57 Å². The average molecular weight is 941 g/mol. The molecule has 0 aromatic carbocycles. The van der Waals surface area contributed by atoms with Crippen molar-refractivity contribution < 1.29 is 56.7 Å². The smallest absolute Gasteiger partial charge is 0.260 e. The second-order valence-electron chi connectivity index (χ2n) is 17.2. The van der Waals surface area contributed by atoms with E-state index in [1.165, 1.54) is 0 Å². The fourth-order valence-electron chi connectivity index (χ4n) is 6.95. The number of rotatable bonds is 36. The largest absolute Gasteiger partial charge is 0.377 e. The maximum atomic E-state index is 14.9. The van der Waals surface area contributed by atoms with Crippen LogP contribution in [0.1, 0.15) is 112 Å². The second kappa shape index (κ2) is 32.5. The summed E-state index contributed by atoms with van der Waals surface area (Å²) in [6, 6.07) is 0. The minimum Gasteiger partial charge on any atom is -0.377 e. The molecule has 1 rings (SSSR count). The molecule has 364 valence electrons.